The molecule has 1 aliphatic heterocycles. The van der Waals surface area contributed by atoms with Crippen molar-refractivity contribution in [2.75, 3.05) is 12.9 Å². The quantitative estimate of drug-likeness (QED) is 0.617. The Hall–Kier alpha value is -0.280. The van der Waals surface area contributed by atoms with Crippen molar-refractivity contribution in [3.8, 4) is 0 Å². The van der Waals surface area contributed by atoms with Crippen LogP contribution < -0.4 is 5.32 Å². The first-order chi connectivity index (χ1) is 8.28. The van der Waals surface area contributed by atoms with Crippen molar-refractivity contribution in [1.82, 2.24) is 10.2 Å². The van der Waals surface area contributed by atoms with Gasteiger partial charge in [0.1, 0.15) is 0 Å². The summed E-state index contributed by atoms with van der Waals surface area (Å²) in [5.41, 5.74) is -0.327. The van der Waals surface area contributed by atoms with Crippen LogP contribution in [-0.4, -0.2) is 35.4 Å². The second kappa shape index (κ2) is 5.79. The first kappa shape index (κ1) is 15.8. The summed E-state index contributed by atoms with van der Waals surface area (Å²) in [7, 11) is 1.91. The summed E-state index contributed by atoms with van der Waals surface area (Å²) >= 11 is 5.73. The van der Waals surface area contributed by atoms with Gasteiger partial charge in [-0.05, 0) is 31.1 Å². The second-order valence-electron chi connectivity index (χ2n) is 6.41. The summed E-state index contributed by atoms with van der Waals surface area (Å²) in [6.45, 7) is 8.58. The highest BCUT2D eigenvalue weighted by molar-refractivity contribution is 6.17. The Labute approximate surface area is 116 Å². The van der Waals surface area contributed by atoms with Crippen LogP contribution in [0.15, 0.2) is 0 Å². The number of halogens is 1. The summed E-state index contributed by atoms with van der Waals surface area (Å²) in [6, 6.07) is 0. The van der Waals surface area contributed by atoms with Crippen LogP contribution in [0.4, 0.5) is 0 Å². The van der Waals surface area contributed by atoms with Gasteiger partial charge in [-0.25, -0.2) is 0 Å². The molecule has 4 heteroatoms. The fraction of sp³-hybridized carbons (Fsp3) is 0.929. The van der Waals surface area contributed by atoms with Gasteiger partial charge in [-0.3, -0.25) is 10.1 Å². The van der Waals surface area contributed by atoms with E-state index in [9.17, 15) is 4.79 Å². The Bertz CT molecular complexity index is 301. The molecule has 3 nitrogen and oxygen atoms in total. The van der Waals surface area contributed by atoms with Gasteiger partial charge in [0.2, 0.25) is 5.91 Å². The number of likely N-dealkylation sites (N-methyl/N-ethyl adjacent to an activating group) is 1. The largest absolute Gasteiger partial charge is 0.328 e. The van der Waals surface area contributed by atoms with Gasteiger partial charge in [0.15, 0.2) is 0 Å². The van der Waals surface area contributed by atoms with Crippen LogP contribution in [0.1, 0.15) is 53.4 Å². The van der Waals surface area contributed by atoms with Crippen LogP contribution in [0, 0.1) is 5.41 Å². The minimum atomic E-state index is -0.376. The Morgan fingerprint density at radius 3 is 2.39 bits per heavy atom. The molecule has 0 saturated carbocycles. The van der Waals surface area contributed by atoms with Crippen LogP contribution in [0.25, 0.3) is 0 Å². The van der Waals surface area contributed by atoms with Crippen LogP contribution in [-0.2, 0) is 4.79 Å². The van der Waals surface area contributed by atoms with E-state index in [1.165, 1.54) is 0 Å². The molecule has 0 radical (unpaired) electrons. The third-order valence-corrected chi connectivity index (χ3v) is 4.21. The molecule has 1 aliphatic rings. The molecule has 0 aromatic rings. The second-order valence-corrected chi connectivity index (χ2v) is 6.79. The Morgan fingerprint density at radius 1 is 1.39 bits per heavy atom. The summed E-state index contributed by atoms with van der Waals surface area (Å²) in [5.74, 6) is 0.909. The lowest BCUT2D eigenvalue weighted by molar-refractivity contribution is -0.133. The number of hydrogen-bond donors (Lipinski definition) is 1. The predicted molar refractivity (Wildman–Crippen MR) is 76.7 cm³/mol. The van der Waals surface area contributed by atoms with Crippen molar-refractivity contribution in [3.63, 3.8) is 0 Å². The first-order valence-electron chi connectivity index (χ1n) is 6.89. The molecule has 0 aromatic carbocycles. The lowest BCUT2D eigenvalue weighted by Crippen LogP contribution is -2.49. The van der Waals surface area contributed by atoms with Crippen LogP contribution >= 0.6 is 11.6 Å². The zero-order valence-electron chi connectivity index (χ0n) is 12.3. The number of hydrogen-bond acceptors (Lipinski definition) is 2. The number of nitrogens with zero attached hydrogens (tertiary/aromatic N) is 1. The Morgan fingerprint density at radius 2 is 2.00 bits per heavy atom. The average molecular weight is 275 g/mol. The number of amides is 1. The SMILES string of the molecule is CC[C@]1(CCCCCl)N[C@@H](C(C)(C)C)N(C)C1=O. The van der Waals surface area contributed by atoms with E-state index in [4.69, 9.17) is 11.6 Å². The van der Waals surface area contributed by atoms with E-state index in [0.717, 1.165) is 25.7 Å². The van der Waals surface area contributed by atoms with Gasteiger partial charge in [-0.1, -0.05) is 27.7 Å². The standard InChI is InChI=1S/C14H27ClN2O/c1-6-14(9-7-8-10-15)12(18)17(5)11(16-14)13(2,3)4/h11,16H,6-10H2,1-5H3/t11-,14-/m1/s1. The molecule has 1 amide bonds. The zero-order valence-corrected chi connectivity index (χ0v) is 13.1. The Balaban J connectivity index is 2.84. The maximum Gasteiger partial charge on any atom is 0.243 e. The highest BCUT2D eigenvalue weighted by atomic mass is 35.5. The van der Waals surface area contributed by atoms with Gasteiger partial charge >= 0.3 is 0 Å². The van der Waals surface area contributed by atoms with Gasteiger partial charge in [-0.2, -0.15) is 0 Å². The smallest absolute Gasteiger partial charge is 0.243 e. The van der Waals surface area contributed by atoms with E-state index in [0.29, 0.717) is 5.88 Å². The van der Waals surface area contributed by atoms with Crippen molar-refractivity contribution < 1.29 is 4.79 Å². The molecule has 1 rings (SSSR count). The van der Waals surface area contributed by atoms with Crippen molar-refractivity contribution >= 4 is 17.5 Å². The van der Waals surface area contributed by atoms with E-state index < -0.39 is 0 Å². The normalized spacial score (nSPS) is 29.1. The van der Waals surface area contributed by atoms with E-state index in [1.807, 2.05) is 11.9 Å². The van der Waals surface area contributed by atoms with Gasteiger partial charge in [0.05, 0.1) is 11.7 Å². The van der Waals surface area contributed by atoms with E-state index >= 15 is 0 Å². The van der Waals surface area contributed by atoms with Crippen molar-refractivity contribution in [3.05, 3.63) is 0 Å². The lowest BCUT2D eigenvalue weighted by Gasteiger charge is -2.33. The number of rotatable bonds is 5. The number of carbonyl (C=O) groups excluding carboxylic acids is 1. The summed E-state index contributed by atoms with van der Waals surface area (Å²) in [4.78, 5) is 14.4. The van der Waals surface area contributed by atoms with Crippen LogP contribution in [0.5, 0.6) is 0 Å². The van der Waals surface area contributed by atoms with E-state index in [-0.39, 0.29) is 23.0 Å². The predicted octanol–water partition coefficient (Wildman–Crippen LogP) is 2.98. The zero-order chi connectivity index (χ0) is 14.0. The fourth-order valence-electron chi connectivity index (χ4n) is 2.80. The molecule has 2 atom stereocenters. The van der Waals surface area contributed by atoms with Crippen LogP contribution in [0.3, 0.4) is 0 Å². The molecule has 0 aliphatic carbocycles. The van der Waals surface area contributed by atoms with Gasteiger partial charge in [-0.15, -0.1) is 11.6 Å². The molecule has 1 heterocycles. The maximum absolute atomic E-state index is 12.5. The van der Waals surface area contributed by atoms with Crippen molar-refractivity contribution in [2.45, 2.75) is 65.1 Å². The molecule has 1 fully saturated rings. The van der Waals surface area contributed by atoms with E-state index in [1.54, 1.807) is 0 Å². The highest BCUT2D eigenvalue weighted by Gasteiger charge is 2.51. The number of carbonyl (C=O) groups is 1. The molecular weight excluding hydrogens is 248 g/mol. The molecular formula is C14H27ClN2O. The minimum Gasteiger partial charge on any atom is -0.328 e. The van der Waals surface area contributed by atoms with Gasteiger partial charge in [0, 0.05) is 12.9 Å². The van der Waals surface area contributed by atoms with Crippen molar-refractivity contribution in [1.29, 1.82) is 0 Å². The molecule has 1 saturated heterocycles. The lowest BCUT2D eigenvalue weighted by atomic mass is 9.88. The molecule has 0 bridgehead atoms. The fourth-order valence-corrected chi connectivity index (χ4v) is 2.99. The van der Waals surface area contributed by atoms with E-state index in [2.05, 4.69) is 33.0 Å². The number of nitrogens with one attached hydrogen (secondary N) is 1. The third kappa shape index (κ3) is 3.00. The molecule has 0 spiro atoms. The molecule has 1 N–H and O–H groups in total. The van der Waals surface area contributed by atoms with Crippen molar-refractivity contribution in [2.24, 2.45) is 5.41 Å². The minimum absolute atomic E-state index is 0.0494. The highest BCUT2D eigenvalue weighted by Crippen LogP contribution is 2.34. The molecule has 0 unspecified atom stereocenters. The molecule has 106 valence electrons. The third-order valence-electron chi connectivity index (χ3n) is 3.94. The summed E-state index contributed by atoms with van der Waals surface area (Å²) < 4.78 is 0. The maximum atomic E-state index is 12.5. The van der Waals surface area contributed by atoms with Gasteiger partial charge < -0.3 is 4.90 Å². The number of unbranched alkanes of at least 4 members (excludes halogenated alkanes) is 1. The Kier molecular flexibility index (Phi) is 5.07. The van der Waals surface area contributed by atoms with Gasteiger partial charge in [0.25, 0.3) is 0 Å². The summed E-state index contributed by atoms with van der Waals surface area (Å²) in [5, 5.41) is 3.59. The first-order valence-corrected chi connectivity index (χ1v) is 7.43. The molecule has 18 heavy (non-hydrogen) atoms. The topological polar surface area (TPSA) is 32.3 Å². The number of alkyl halides is 1. The molecule has 0 aromatic heterocycles. The summed E-state index contributed by atoms with van der Waals surface area (Å²) in [6.07, 6.45) is 3.81. The average Bonchev–Trinajstić information content (AvgIpc) is 2.55. The monoisotopic (exact) mass is 274 g/mol. The van der Waals surface area contributed by atoms with Crippen LogP contribution in [0.2, 0.25) is 0 Å².